The molecule has 0 unspecified atom stereocenters. The van der Waals surface area contributed by atoms with Gasteiger partial charge in [-0.1, -0.05) is 0 Å². The van der Waals surface area contributed by atoms with Crippen molar-refractivity contribution in [2.24, 2.45) is 0 Å². The first kappa shape index (κ1) is 29.8. The molecule has 42 heavy (non-hydrogen) atoms. The van der Waals surface area contributed by atoms with Crippen LogP contribution in [0.4, 0.5) is 14.6 Å². The zero-order valence-electron chi connectivity index (χ0n) is 22.1. The molecular formula is C25H26F2N5O8PS. The van der Waals surface area contributed by atoms with Gasteiger partial charge in [0.1, 0.15) is 47.1 Å². The maximum Gasteiger partial charge on any atom is 0.435 e. The maximum atomic E-state index is 14.7. The summed E-state index contributed by atoms with van der Waals surface area (Å²) in [5, 5.41) is 21.8. The number of benzene rings is 2. The molecule has 0 spiro atoms. The van der Waals surface area contributed by atoms with Crippen molar-refractivity contribution >= 4 is 35.5 Å². The van der Waals surface area contributed by atoms with Crippen LogP contribution in [0.5, 0.6) is 23.0 Å². The lowest BCUT2D eigenvalue weighted by atomic mass is 9.96. The molecule has 224 valence electrons. The largest absolute Gasteiger partial charge is 0.497 e. The average molecular weight is 626 g/mol. The number of fused-ring (bicyclic) bond motifs is 1. The molecular weight excluding hydrogens is 599 g/mol. The van der Waals surface area contributed by atoms with Gasteiger partial charge in [0, 0.05) is 11.8 Å². The number of hydrogen-bond donors (Lipinski definition) is 3. The molecule has 2 aromatic heterocycles. The van der Waals surface area contributed by atoms with Crippen LogP contribution in [0.1, 0.15) is 6.23 Å². The SMILES string of the molecule is COc1ccc(OP(=S)(OC[C@@]2(C(F)F)O[C@@H](n3cnc4c(N)ncnc43)[C@H](O)[C@@H]2O)Oc2ccc(OC)cc2)cc1. The Morgan fingerprint density at radius 2 is 1.52 bits per heavy atom. The van der Waals surface area contributed by atoms with Crippen molar-refractivity contribution in [1.29, 1.82) is 0 Å². The second kappa shape index (κ2) is 11.9. The Morgan fingerprint density at radius 3 is 2.05 bits per heavy atom. The van der Waals surface area contributed by atoms with Crippen LogP contribution in [-0.2, 0) is 21.1 Å². The van der Waals surface area contributed by atoms with Crippen molar-refractivity contribution in [3.8, 4) is 23.0 Å². The number of hydrogen-bond acceptors (Lipinski definition) is 13. The van der Waals surface area contributed by atoms with E-state index in [4.69, 9.17) is 45.3 Å². The standard InChI is InChI=1S/C25H26F2N5O8PS/c1-35-14-3-7-16(8-4-14)39-41(42,40-17-9-5-15(36-2)6-10-17)37-11-25(24(26)27)20(34)19(33)23(38-25)32-13-31-18-21(28)29-12-30-22(18)32/h3-10,12-13,19-20,23-24,33-34H,11H2,1-2H3,(H2,28,29,30)/t19-,20+,23-,25-/m1/s1. The number of anilines is 1. The van der Waals surface area contributed by atoms with Crippen LogP contribution < -0.4 is 24.3 Å². The third-order valence-electron chi connectivity index (χ3n) is 6.49. The van der Waals surface area contributed by atoms with Crippen LogP contribution in [0.3, 0.4) is 0 Å². The molecule has 0 saturated carbocycles. The smallest absolute Gasteiger partial charge is 0.435 e. The number of nitrogens with two attached hydrogens (primary N) is 1. The Kier molecular flexibility index (Phi) is 8.46. The fraction of sp³-hybridized carbons (Fsp3) is 0.320. The van der Waals surface area contributed by atoms with Gasteiger partial charge in [-0.3, -0.25) is 9.09 Å². The van der Waals surface area contributed by atoms with Crippen LogP contribution >= 0.6 is 6.72 Å². The summed E-state index contributed by atoms with van der Waals surface area (Å²) in [6.45, 7) is -4.95. The van der Waals surface area contributed by atoms with Gasteiger partial charge in [-0.05, 0) is 48.5 Å². The molecule has 2 aromatic carbocycles. The van der Waals surface area contributed by atoms with Crippen LogP contribution in [0.2, 0.25) is 0 Å². The molecule has 4 aromatic rings. The summed E-state index contributed by atoms with van der Waals surface area (Å²) in [6, 6.07) is 12.5. The molecule has 1 aliphatic heterocycles. The summed E-state index contributed by atoms with van der Waals surface area (Å²) in [6.07, 6.45) is -6.56. The molecule has 0 amide bonds. The Bertz CT molecular complexity index is 1530. The molecule has 4 N–H and O–H groups in total. The predicted octanol–water partition coefficient (Wildman–Crippen LogP) is 3.08. The van der Waals surface area contributed by atoms with Gasteiger partial charge in [-0.15, -0.1) is 0 Å². The fourth-order valence-electron chi connectivity index (χ4n) is 4.23. The van der Waals surface area contributed by atoms with E-state index in [1.165, 1.54) is 49.4 Å². The van der Waals surface area contributed by atoms with Gasteiger partial charge < -0.3 is 39.2 Å². The highest BCUT2D eigenvalue weighted by molar-refractivity contribution is 8.07. The second-order valence-electron chi connectivity index (χ2n) is 9.04. The van der Waals surface area contributed by atoms with E-state index in [0.717, 1.165) is 6.33 Å². The molecule has 13 nitrogen and oxygen atoms in total. The maximum absolute atomic E-state index is 14.7. The topological polar surface area (TPSA) is 165 Å². The lowest BCUT2D eigenvalue weighted by molar-refractivity contribution is -0.191. The number of halogens is 2. The van der Waals surface area contributed by atoms with E-state index in [2.05, 4.69) is 15.0 Å². The Labute approximate surface area is 243 Å². The van der Waals surface area contributed by atoms with E-state index in [1.807, 2.05) is 0 Å². The fourth-order valence-corrected chi connectivity index (χ4v) is 6.17. The van der Waals surface area contributed by atoms with E-state index < -0.39 is 43.8 Å². The average Bonchev–Trinajstić information content (AvgIpc) is 3.53. The van der Waals surface area contributed by atoms with Crippen molar-refractivity contribution in [2.75, 3.05) is 26.6 Å². The predicted molar refractivity (Wildman–Crippen MR) is 148 cm³/mol. The molecule has 5 rings (SSSR count). The molecule has 0 aliphatic carbocycles. The summed E-state index contributed by atoms with van der Waals surface area (Å²) in [4.78, 5) is 12.0. The van der Waals surface area contributed by atoms with E-state index >= 15 is 0 Å². The van der Waals surface area contributed by atoms with Gasteiger partial charge in [0.2, 0.25) is 0 Å². The summed E-state index contributed by atoms with van der Waals surface area (Å²) in [5.41, 5.74) is 3.32. The molecule has 0 bridgehead atoms. The molecule has 1 fully saturated rings. The number of ether oxygens (including phenoxy) is 3. The van der Waals surface area contributed by atoms with Gasteiger partial charge in [0.05, 0.1) is 27.2 Å². The molecule has 0 radical (unpaired) electrons. The zero-order chi connectivity index (χ0) is 30.1. The number of rotatable bonds is 11. The number of nitrogens with zero attached hydrogens (tertiary/aromatic N) is 4. The molecule has 3 heterocycles. The Hall–Kier alpha value is -3.66. The van der Waals surface area contributed by atoms with Crippen molar-refractivity contribution in [3.63, 3.8) is 0 Å². The zero-order valence-corrected chi connectivity index (χ0v) is 23.8. The van der Waals surface area contributed by atoms with Crippen molar-refractivity contribution < 1.29 is 46.8 Å². The minimum atomic E-state index is -3.93. The number of nitrogen functional groups attached to an aromatic ring is 1. The minimum absolute atomic E-state index is 0.0299. The van der Waals surface area contributed by atoms with E-state index in [9.17, 15) is 19.0 Å². The molecule has 17 heteroatoms. The monoisotopic (exact) mass is 625 g/mol. The Morgan fingerprint density at radius 1 is 0.976 bits per heavy atom. The van der Waals surface area contributed by atoms with Crippen LogP contribution in [0.25, 0.3) is 11.2 Å². The van der Waals surface area contributed by atoms with Crippen LogP contribution in [0, 0.1) is 0 Å². The summed E-state index contributed by atoms with van der Waals surface area (Å²) in [5.74, 6) is 1.50. The number of methoxy groups -OCH3 is 2. The quantitative estimate of drug-likeness (QED) is 0.209. The normalized spacial score (nSPS) is 22.4. The number of aliphatic hydroxyl groups excluding tert-OH is 2. The third kappa shape index (κ3) is 5.69. The highest BCUT2D eigenvalue weighted by Crippen LogP contribution is 2.53. The summed E-state index contributed by atoms with van der Waals surface area (Å²) < 4.78 is 64.1. The molecule has 1 aliphatic rings. The highest BCUT2D eigenvalue weighted by Gasteiger charge is 2.61. The van der Waals surface area contributed by atoms with Gasteiger partial charge in [0.25, 0.3) is 6.43 Å². The van der Waals surface area contributed by atoms with E-state index in [1.54, 1.807) is 24.3 Å². The van der Waals surface area contributed by atoms with Gasteiger partial charge in [0.15, 0.2) is 23.3 Å². The van der Waals surface area contributed by atoms with Crippen LogP contribution in [0.15, 0.2) is 61.2 Å². The minimum Gasteiger partial charge on any atom is -0.497 e. The lowest BCUT2D eigenvalue weighted by Gasteiger charge is -2.33. The number of aliphatic hydroxyl groups is 2. The summed E-state index contributed by atoms with van der Waals surface area (Å²) in [7, 11) is 2.98. The van der Waals surface area contributed by atoms with Crippen molar-refractivity contribution in [3.05, 3.63) is 61.2 Å². The van der Waals surface area contributed by atoms with E-state index in [-0.39, 0.29) is 28.5 Å². The number of imidazole rings is 1. The first-order chi connectivity index (χ1) is 20.1. The first-order valence-corrected chi connectivity index (χ1v) is 14.8. The van der Waals surface area contributed by atoms with Crippen molar-refractivity contribution in [1.82, 2.24) is 19.5 Å². The highest BCUT2D eigenvalue weighted by atomic mass is 32.5. The van der Waals surface area contributed by atoms with Gasteiger partial charge >= 0.3 is 6.72 Å². The first-order valence-electron chi connectivity index (χ1n) is 12.3. The third-order valence-corrected chi connectivity index (χ3v) is 8.57. The number of alkyl halides is 2. The Balaban J connectivity index is 1.44. The van der Waals surface area contributed by atoms with E-state index in [0.29, 0.717) is 11.5 Å². The van der Waals surface area contributed by atoms with Gasteiger partial charge in [-0.25, -0.2) is 23.7 Å². The molecule has 1 saturated heterocycles. The van der Waals surface area contributed by atoms with Crippen LogP contribution in [-0.4, -0.2) is 74.8 Å². The lowest BCUT2D eigenvalue weighted by Crippen LogP contribution is -2.52. The van der Waals surface area contributed by atoms with Crippen molar-refractivity contribution in [2.45, 2.75) is 30.5 Å². The number of aromatic nitrogens is 4. The van der Waals surface area contributed by atoms with Gasteiger partial charge in [-0.2, -0.15) is 0 Å². The summed E-state index contributed by atoms with van der Waals surface area (Å²) >= 11 is 5.61. The molecule has 4 atom stereocenters. The second-order valence-corrected chi connectivity index (χ2v) is 11.9.